The molecule has 0 bridgehead atoms. The van der Waals surface area contributed by atoms with E-state index < -0.39 is 0 Å². The van der Waals surface area contributed by atoms with Crippen LogP contribution in [0.25, 0.3) is 0 Å². The molecule has 4 nitrogen and oxygen atoms in total. The number of fused-ring (bicyclic) bond motifs is 1. The summed E-state index contributed by atoms with van der Waals surface area (Å²) in [6.45, 7) is 3.20. The number of hydrogen-bond acceptors (Lipinski definition) is 3. The van der Waals surface area contributed by atoms with Crippen molar-refractivity contribution in [1.29, 1.82) is 0 Å². The lowest BCUT2D eigenvalue weighted by atomic mass is 10.0. The molecule has 0 fully saturated rings. The normalized spacial score (nSPS) is 15.2. The van der Waals surface area contributed by atoms with Crippen molar-refractivity contribution < 1.29 is 10.0 Å². The van der Waals surface area contributed by atoms with E-state index in [-0.39, 0.29) is 5.91 Å². The van der Waals surface area contributed by atoms with Gasteiger partial charge in [-0.05, 0) is 30.9 Å². The Morgan fingerprint density at radius 1 is 1.42 bits per heavy atom. The molecule has 0 aromatic heterocycles. The number of benzene rings is 1. The Hall–Kier alpha value is -1.55. The molecule has 19 heavy (non-hydrogen) atoms. The van der Waals surface area contributed by atoms with Crippen molar-refractivity contribution >= 4 is 11.6 Å². The van der Waals surface area contributed by atoms with E-state index in [9.17, 15) is 4.79 Å². The topological polar surface area (TPSA) is 52.6 Å². The molecular weight excluding hydrogens is 240 g/mol. The van der Waals surface area contributed by atoms with Crippen molar-refractivity contribution in [2.24, 2.45) is 0 Å². The summed E-state index contributed by atoms with van der Waals surface area (Å²) in [5.41, 5.74) is 4.42. The maximum absolute atomic E-state index is 11.2. The largest absolute Gasteiger partial charge is 0.368 e. The van der Waals surface area contributed by atoms with Gasteiger partial charge in [0.2, 0.25) is 5.91 Å². The van der Waals surface area contributed by atoms with Crippen LogP contribution in [0.3, 0.4) is 0 Å². The molecule has 1 aromatic rings. The van der Waals surface area contributed by atoms with Crippen LogP contribution in [0.1, 0.15) is 38.2 Å². The van der Waals surface area contributed by atoms with E-state index in [0.29, 0.717) is 12.5 Å². The summed E-state index contributed by atoms with van der Waals surface area (Å²) in [6.07, 6.45) is 4.42. The first kappa shape index (κ1) is 13.9. The van der Waals surface area contributed by atoms with Crippen LogP contribution in [-0.2, 0) is 11.2 Å². The van der Waals surface area contributed by atoms with E-state index in [1.165, 1.54) is 11.3 Å². The SMILES string of the molecule is CCCC(CCC(=O)NO)N1CCc2ccccc21. The molecule has 1 amide bonds. The van der Waals surface area contributed by atoms with Crippen LogP contribution in [-0.4, -0.2) is 23.7 Å². The Kier molecular flexibility index (Phi) is 4.80. The van der Waals surface area contributed by atoms with Crippen LogP contribution in [0.4, 0.5) is 5.69 Å². The van der Waals surface area contributed by atoms with Gasteiger partial charge in [0.05, 0.1) is 0 Å². The summed E-state index contributed by atoms with van der Waals surface area (Å²) in [7, 11) is 0. The highest BCUT2D eigenvalue weighted by Gasteiger charge is 2.25. The average Bonchev–Trinajstić information content (AvgIpc) is 2.87. The molecule has 4 heteroatoms. The third kappa shape index (κ3) is 3.26. The summed E-state index contributed by atoms with van der Waals surface area (Å²) in [4.78, 5) is 13.6. The van der Waals surface area contributed by atoms with Crippen LogP contribution in [0.5, 0.6) is 0 Å². The third-order valence-electron chi connectivity index (χ3n) is 3.82. The fraction of sp³-hybridized carbons (Fsp3) is 0.533. The quantitative estimate of drug-likeness (QED) is 0.612. The molecule has 0 aliphatic carbocycles. The van der Waals surface area contributed by atoms with Crippen molar-refractivity contribution in [3.63, 3.8) is 0 Å². The number of rotatable bonds is 6. The highest BCUT2D eigenvalue weighted by molar-refractivity contribution is 5.74. The monoisotopic (exact) mass is 262 g/mol. The lowest BCUT2D eigenvalue weighted by molar-refractivity contribution is -0.129. The molecule has 104 valence electrons. The minimum Gasteiger partial charge on any atom is -0.368 e. The maximum atomic E-state index is 11.2. The number of anilines is 1. The standard InChI is InChI=1S/C15H22N2O2/c1-2-5-13(8-9-15(18)16-19)17-11-10-12-6-3-4-7-14(12)17/h3-4,6-7,13,19H,2,5,8-11H2,1H3,(H,16,18). The molecule has 0 spiro atoms. The van der Waals surface area contributed by atoms with E-state index in [1.54, 1.807) is 5.48 Å². The fourth-order valence-corrected chi connectivity index (χ4v) is 2.89. The van der Waals surface area contributed by atoms with Gasteiger partial charge in [-0.25, -0.2) is 5.48 Å². The highest BCUT2D eigenvalue weighted by Crippen LogP contribution is 2.31. The van der Waals surface area contributed by atoms with Gasteiger partial charge in [-0.3, -0.25) is 10.0 Å². The molecule has 0 radical (unpaired) electrons. The molecule has 2 N–H and O–H groups in total. The zero-order chi connectivity index (χ0) is 13.7. The second-order valence-corrected chi connectivity index (χ2v) is 5.09. The van der Waals surface area contributed by atoms with Crippen LogP contribution in [0.2, 0.25) is 0 Å². The zero-order valence-corrected chi connectivity index (χ0v) is 11.4. The lowest BCUT2D eigenvalue weighted by Crippen LogP contribution is -2.35. The van der Waals surface area contributed by atoms with E-state index in [2.05, 4.69) is 36.1 Å². The Morgan fingerprint density at radius 3 is 2.95 bits per heavy atom. The first-order valence-electron chi connectivity index (χ1n) is 7.03. The maximum Gasteiger partial charge on any atom is 0.243 e. The van der Waals surface area contributed by atoms with E-state index in [0.717, 1.165) is 32.2 Å². The number of hydroxylamine groups is 1. The number of para-hydroxylation sites is 1. The Balaban J connectivity index is 2.05. The van der Waals surface area contributed by atoms with Crippen LogP contribution >= 0.6 is 0 Å². The van der Waals surface area contributed by atoms with Crippen LogP contribution < -0.4 is 10.4 Å². The van der Waals surface area contributed by atoms with Crippen LogP contribution in [0.15, 0.2) is 24.3 Å². The van der Waals surface area contributed by atoms with Crippen molar-refractivity contribution in [2.75, 3.05) is 11.4 Å². The van der Waals surface area contributed by atoms with Gasteiger partial charge < -0.3 is 4.90 Å². The molecule has 1 aliphatic rings. The van der Waals surface area contributed by atoms with Crippen molar-refractivity contribution in [2.45, 2.75) is 45.1 Å². The molecule has 1 aromatic carbocycles. The first-order valence-corrected chi connectivity index (χ1v) is 7.03. The predicted molar refractivity (Wildman–Crippen MR) is 75.4 cm³/mol. The summed E-state index contributed by atoms with van der Waals surface area (Å²) in [6, 6.07) is 8.87. The number of nitrogens with one attached hydrogen (secondary N) is 1. The smallest absolute Gasteiger partial charge is 0.243 e. The summed E-state index contributed by atoms with van der Waals surface area (Å²) in [5, 5.41) is 8.59. The van der Waals surface area contributed by atoms with Crippen molar-refractivity contribution in [3.8, 4) is 0 Å². The van der Waals surface area contributed by atoms with Gasteiger partial charge in [0, 0.05) is 24.7 Å². The number of hydrogen-bond donors (Lipinski definition) is 2. The summed E-state index contributed by atoms with van der Waals surface area (Å²) in [5.74, 6) is -0.298. The first-order chi connectivity index (χ1) is 9.26. The fourth-order valence-electron chi connectivity index (χ4n) is 2.89. The summed E-state index contributed by atoms with van der Waals surface area (Å²) >= 11 is 0. The minimum absolute atomic E-state index is 0.298. The third-order valence-corrected chi connectivity index (χ3v) is 3.82. The summed E-state index contributed by atoms with van der Waals surface area (Å²) < 4.78 is 0. The van der Waals surface area contributed by atoms with Crippen molar-refractivity contribution in [1.82, 2.24) is 5.48 Å². The molecular formula is C15H22N2O2. The predicted octanol–water partition coefficient (Wildman–Crippen LogP) is 2.50. The molecule has 1 atom stereocenters. The number of amides is 1. The lowest BCUT2D eigenvalue weighted by Gasteiger charge is -2.30. The van der Waals surface area contributed by atoms with Crippen LogP contribution in [0, 0.1) is 0 Å². The van der Waals surface area contributed by atoms with E-state index in [4.69, 9.17) is 5.21 Å². The number of carbonyl (C=O) groups excluding carboxylic acids is 1. The van der Waals surface area contributed by atoms with Gasteiger partial charge in [0.25, 0.3) is 0 Å². The van der Waals surface area contributed by atoms with Gasteiger partial charge in [-0.1, -0.05) is 31.5 Å². The van der Waals surface area contributed by atoms with Gasteiger partial charge in [0.1, 0.15) is 0 Å². The Morgan fingerprint density at radius 2 is 2.21 bits per heavy atom. The number of nitrogens with zero attached hydrogens (tertiary/aromatic N) is 1. The van der Waals surface area contributed by atoms with E-state index in [1.807, 2.05) is 0 Å². The minimum atomic E-state index is -0.298. The Labute approximate surface area is 114 Å². The Bertz CT molecular complexity index is 434. The van der Waals surface area contributed by atoms with Gasteiger partial charge >= 0.3 is 0 Å². The van der Waals surface area contributed by atoms with Crippen molar-refractivity contribution in [3.05, 3.63) is 29.8 Å². The van der Waals surface area contributed by atoms with Gasteiger partial charge in [-0.2, -0.15) is 0 Å². The molecule has 1 unspecified atom stereocenters. The molecule has 0 saturated heterocycles. The second kappa shape index (κ2) is 6.57. The highest BCUT2D eigenvalue weighted by atomic mass is 16.5. The van der Waals surface area contributed by atoms with E-state index >= 15 is 0 Å². The molecule has 1 heterocycles. The number of carbonyl (C=O) groups is 1. The molecule has 1 aliphatic heterocycles. The molecule has 2 rings (SSSR count). The molecule has 0 saturated carbocycles. The second-order valence-electron chi connectivity index (χ2n) is 5.09. The van der Waals surface area contributed by atoms with Gasteiger partial charge in [-0.15, -0.1) is 0 Å². The zero-order valence-electron chi connectivity index (χ0n) is 11.4. The van der Waals surface area contributed by atoms with Gasteiger partial charge in [0.15, 0.2) is 0 Å². The average molecular weight is 262 g/mol.